The molecule has 54 heavy (non-hydrogen) atoms. The topological polar surface area (TPSA) is 0 Å². The minimum Gasteiger partial charge on any atom is -0.0622 e. The summed E-state index contributed by atoms with van der Waals surface area (Å²) in [6.45, 7) is 0. The molecule has 0 spiro atoms. The highest BCUT2D eigenvalue weighted by molar-refractivity contribution is 6.24. The molecule has 11 rings (SSSR count). The molecule has 11 aromatic rings. The lowest BCUT2D eigenvalue weighted by molar-refractivity contribution is 1.66. The second kappa shape index (κ2) is 12.3. The molecule has 250 valence electrons. The van der Waals surface area contributed by atoms with Crippen LogP contribution in [0, 0.1) is 0 Å². The van der Waals surface area contributed by atoms with E-state index in [9.17, 15) is 0 Å². The zero-order valence-corrected chi connectivity index (χ0v) is 29.6. The first kappa shape index (κ1) is 30.6. The van der Waals surface area contributed by atoms with Gasteiger partial charge in [-0.3, -0.25) is 0 Å². The van der Waals surface area contributed by atoms with E-state index in [2.05, 4.69) is 206 Å². The second-order valence-corrected chi connectivity index (χ2v) is 14.4. The van der Waals surface area contributed by atoms with Crippen LogP contribution in [0.15, 0.2) is 206 Å². The van der Waals surface area contributed by atoms with E-state index in [1.807, 2.05) is 0 Å². The maximum absolute atomic E-state index is 2.39. The van der Waals surface area contributed by atoms with Crippen LogP contribution in [0.2, 0.25) is 0 Å². The quantitative estimate of drug-likeness (QED) is 0.162. The van der Waals surface area contributed by atoms with Gasteiger partial charge in [0.2, 0.25) is 0 Å². The van der Waals surface area contributed by atoms with E-state index in [0.29, 0.717) is 0 Å². The number of hydrogen-bond acceptors (Lipinski definition) is 0. The Morgan fingerprint density at radius 2 is 0.537 bits per heavy atom. The summed E-state index contributed by atoms with van der Waals surface area (Å²) in [6.07, 6.45) is 0. The van der Waals surface area contributed by atoms with Crippen molar-refractivity contribution in [3.05, 3.63) is 206 Å². The lowest BCUT2D eigenvalue weighted by Gasteiger charge is -2.19. The average molecular weight is 683 g/mol. The van der Waals surface area contributed by atoms with Gasteiger partial charge in [-0.15, -0.1) is 0 Å². The van der Waals surface area contributed by atoms with Gasteiger partial charge in [0, 0.05) is 0 Å². The highest BCUT2D eigenvalue weighted by Crippen LogP contribution is 2.47. The molecular weight excluding hydrogens is 649 g/mol. The van der Waals surface area contributed by atoms with Crippen molar-refractivity contribution < 1.29 is 0 Å². The third-order valence-corrected chi connectivity index (χ3v) is 11.4. The molecule has 11 aromatic carbocycles. The van der Waals surface area contributed by atoms with Gasteiger partial charge >= 0.3 is 0 Å². The average Bonchev–Trinajstić information content (AvgIpc) is 3.24. The zero-order valence-electron chi connectivity index (χ0n) is 29.6. The maximum atomic E-state index is 2.39. The smallest absolute Gasteiger partial charge is 0.00201 e. The molecule has 0 aliphatic heterocycles. The van der Waals surface area contributed by atoms with E-state index < -0.39 is 0 Å². The van der Waals surface area contributed by atoms with Gasteiger partial charge in [0.15, 0.2) is 0 Å². The van der Waals surface area contributed by atoms with Crippen LogP contribution in [0.4, 0.5) is 0 Å². The molecule has 0 aliphatic carbocycles. The monoisotopic (exact) mass is 682 g/mol. The third-order valence-electron chi connectivity index (χ3n) is 11.4. The van der Waals surface area contributed by atoms with E-state index >= 15 is 0 Å². The van der Waals surface area contributed by atoms with Crippen LogP contribution < -0.4 is 0 Å². The van der Waals surface area contributed by atoms with E-state index in [-0.39, 0.29) is 0 Å². The Kier molecular flexibility index (Phi) is 6.97. The standard InChI is InChI=1S/C54H34/c1-2-16-36(17-3-1)51-43-20-6-8-22-45(43)52(46-23-9-7-21-44(46)51)39-31-29-38-34-40(32-30-37(38)33-39)53-47-24-10-12-26-49(47)54(50-27-13-11-25-48(50)53)42-28-14-18-35-15-4-5-19-41(35)42/h1-34H. The minimum atomic E-state index is 1.23. The largest absolute Gasteiger partial charge is 0.0622 e. The Morgan fingerprint density at radius 3 is 1.00 bits per heavy atom. The fourth-order valence-electron chi connectivity index (χ4n) is 9.08. The number of hydrogen-bond donors (Lipinski definition) is 0. The summed E-state index contributed by atoms with van der Waals surface area (Å²) in [6, 6.07) is 76.0. The Balaban J connectivity index is 1.12. The summed E-state index contributed by atoms with van der Waals surface area (Å²) < 4.78 is 0. The summed E-state index contributed by atoms with van der Waals surface area (Å²) in [7, 11) is 0. The van der Waals surface area contributed by atoms with Crippen LogP contribution in [-0.4, -0.2) is 0 Å². The van der Waals surface area contributed by atoms with E-state index in [4.69, 9.17) is 0 Å². The SMILES string of the molecule is c1ccc(-c2c3ccccc3c(-c3ccc4cc(-c5c6ccccc6c(-c6cccc7ccccc67)c6ccccc56)ccc4c3)c3ccccc23)cc1. The summed E-state index contributed by atoms with van der Waals surface area (Å²) in [5.74, 6) is 0. The van der Waals surface area contributed by atoms with Crippen LogP contribution in [0.3, 0.4) is 0 Å². The molecule has 0 saturated heterocycles. The van der Waals surface area contributed by atoms with Gasteiger partial charge < -0.3 is 0 Å². The van der Waals surface area contributed by atoms with Crippen molar-refractivity contribution in [2.75, 3.05) is 0 Å². The first-order valence-corrected chi connectivity index (χ1v) is 18.8. The summed E-state index contributed by atoms with van der Waals surface area (Å²) in [5.41, 5.74) is 10.1. The second-order valence-electron chi connectivity index (χ2n) is 14.4. The molecule has 0 radical (unpaired) electrons. The van der Waals surface area contributed by atoms with Crippen LogP contribution in [0.5, 0.6) is 0 Å². The predicted octanol–water partition coefficient (Wildman–Crippen LogP) is 15.3. The molecule has 0 N–H and O–H groups in total. The van der Waals surface area contributed by atoms with Crippen molar-refractivity contribution in [1.82, 2.24) is 0 Å². The van der Waals surface area contributed by atoms with Crippen molar-refractivity contribution in [2.45, 2.75) is 0 Å². The molecule has 0 aromatic heterocycles. The highest BCUT2D eigenvalue weighted by atomic mass is 14.2. The summed E-state index contributed by atoms with van der Waals surface area (Å²) in [5, 5.41) is 15.2. The molecule has 0 aliphatic rings. The predicted molar refractivity (Wildman–Crippen MR) is 233 cm³/mol. The highest BCUT2D eigenvalue weighted by Gasteiger charge is 2.19. The first-order chi connectivity index (χ1) is 26.8. The third kappa shape index (κ3) is 4.71. The fraction of sp³-hybridized carbons (Fsp3) is 0. The molecule has 0 unspecified atom stereocenters. The maximum Gasteiger partial charge on any atom is -0.00201 e. The van der Waals surface area contributed by atoms with Crippen molar-refractivity contribution >= 4 is 64.6 Å². The van der Waals surface area contributed by atoms with Gasteiger partial charge in [-0.1, -0.05) is 194 Å². The van der Waals surface area contributed by atoms with Crippen molar-refractivity contribution in [1.29, 1.82) is 0 Å². The molecule has 0 saturated carbocycles. The van der Waals surface area contributed by atoms with E-state index in [1.54, 1.807) is 0 Å². The molecule has 0 heteroatoms. The van der Waals surface area contributed by atoms with Gasteiger partial charge in [0.25, 0.3) is 0 Å². The van der Waals surface area contributed by atoms with Crippen LogP contribution in [0.25, 0.3) is 109 Å². The van der Waals surface area contributed by atoms with Gasteiger partial charge in [0.05, 0.1) is 0 Å². The molecule has 0 amide bonds. The van der Waals surface area contributed by atoms with E-state index in [1.165, 1.54) is 109 Å². The molecule has 0 heterocycles. The summed E-state index contributed by atoms with van der Waals surface area (Å²) >= 11 is 0. The zero-order chi connectivity index (χ0) is 35.6. The van der Waals surface area contributed by atoms with Crippen molar-refractivity contribution in [3.8, 4) is 44.5 Å². The van der Waals surface area contributed by atoms with Gasteiger partial charge in [0.1, 0.15) is 0 Å². The van der Waals surface area contributed by atoms with Crippen molar-refractivity contribution in [2.24, 2.45) is 0 Å². The van der Waals surface area contributed by atoms with Crippen LogP contribution in [-0.2, 0) is 0 Å². The van der Waals surface area contributed by atoms with E-state index in [0.717, 1.165) is 0 Å². The van der Waals surface area contributed by atoms with Gasteiger partial charge in [-0.25, -0.2) is 0 Å². The number of benzene rings is 11. The normalized spacial score (nSPS) is 11.7. The fourth-order valence-corrected chi connectivity index (χ4v) is 9.08. The lowest BCUT2D eigenvalue weighted by atomic mass is 9.84. The Labute approximate surface area is 314 Å². The molecule has 0 bridgehead atoms. The lowest BCUT2D eigenvalue weighted by Crippen LogP contribution is -1.92. The van der Waals surface area contributed by atoms with Gasteiger partial charge in [-0.2, -0.15) is 0 Å². The Hall–Kier alpha value is -7.02. The molecule has 0 nitrogen and oxygen atoms in total. The molecule has 0 atom stereocenters. The van der Waals surface area contributed by atoms with Gasteiger partial charge in [-0.05, 0) is 121 Å². The van der Waals surface area contributed by atoms with Crippen LogP contribution in [0.1, 0.15) is 0 Å². The molecule has 0 fully saturated rings. The molecular formula is C54H34. The van der Waals surface area contributed by atoms with Crippen LogP contribution >= 0.6 is 0 Å². The first-order valence-electron chi connectivity index (χ1n) is 18.8. The number of rotatable bonds is 4. The summed E-state index contributed by atoms with van der Waals surface area (Å²) in [4.78, 5) is 0. The Bertz CT molecular complexity index is 3140. The minimum absolute atomic E-state index is 1.23. The number of fused-ring (bicyclic) bond motifs is 6. The Morgan fingerprint density at radius 1 is 0.185 bits per heavy atom. The van der Waals surface area contributed by atoms with Crippen molar-refractivity contribution in [3.63, 3.8) is 0 Å².